The Morgan fingerprint density at radius 2 is 2.06 bits per heavy atom. The summed E-state index contributed by atoms with van der Waals surface area (Å²) in [6, 6.07) is 10.2. The van der Waals surface area contributed by atoms with Crippen LogP contribution in [0, 0.1) is 5.92 Å². The van der Waals surface area contributed by atoms with Crippen molar-refractivity contribution < 1.29 is 9.90 Å². The summed E-state index contributed by atoms with van der Waals surface area (Å²) >= 11 is 1.63. The summed E-state index contributed by atoms with van der Waals surface area (Å²) in [5.41, 5.74) is 1.25. The van der Waals surface area contributed by atoms with Crippen LogP contribution in [0.5, 0.6) is 0 Å². The lowest BCUT2D eigenvalue weighted by Gasteiger charge is -2.31. The molecule has 1 aliphatic rings. The van der Waals surface area contributed by atoms with Gasteiger partial charge in [-0.05, 0) is 24.3 Å². The lowest BCUT2D eigenvalue weighted by molar-refractivity contribution is -0.119. The number of hydrogen-bond acceptors (Lipinski definition) is 3. The Hall–Kier alpha value is -1.00. The van der Waals surface area contributed by atoms with Crippen LogP contribution in [-0.2, 0) is 10.5 Å². The summed E-state index contributed by atoms with van der Waals surface area (Å²) in [6.45, 7) is 0.710. The van der Waals surface area contributed by atoms with Gasteiger partial charge in [-0.1, -0.05) is 30.3 Å². The van der Waals surface area contributed by atoms with E-state index >= 15 is 0 Å². The van der Waals surface area contributed by atoms with Crippen molar-refractivity contribution in [3.05, 3.63) is 35.9 Å². The summed E-state index contributed by atoms with van der Waals surface area (Å²) in [5, 5.41) is 12.1. The number of carbonyl (C=O) groups is 1. The van der Waals surface area contributed by atoms with Crippen molar-refractivity contribution >= 4 is 17.7 Å². The highest BCUT2D eigenvalue weighted by molar-refractivity contribution is 7.99. The lowest BCUT2D eigenvalue weighted by Crippen LogP contribution is -2.39. The monoisotopic (exact) mass is 265 g/mol. The first kappa shape index (κ1) is 13.4. The molecule has 2 N–H and O–H groups in total. The van der Waals surface area contributed by atoms with Crippen molar-refractivity contribution in [1.82, 2.24) is 5.32 Å². The average molecular weight is 265 g/mol. The molecule has 1 fully saturated rings. The Balaban J connectivity index is 1.55. The molecule has 98 valence electrons. The Morgan fingerprint density at radius 1 is 1.33 bits per heavy atom. The smallest absolute Gasteiger partial charge is 0.230 e. The molecule has 0 saturated heterocycles. The second kappa shape index (κ2) is 6.81. The molecule has 2 rings (SSSR count). The highest BCUT2D eigenvalue weighted by Crippen LogP contribution is 2.26. The molecule has 0 aliphatic heterocycles. The Bertz CT molecular complexity index is 377. The SMILES string of the molecule is O=C(CSCc1ccccc1)NCC1CC(O)C1. The van der Waals surface area contributed by atoms with Gasteiger partial charge < -0.3 is 10.4 Å². The van der Waals surface area contributed by atoms with Gasteiger partial charge >= 0.3 is 0 Å². The highest BCUT2D eigenvalue weighted by Gasteiger charge is 2.26. The molecule has 0 atom stereocenters. The first-order chi connectivity index (χ1) is 8.74. The third kappa shape index (κ3) is 4.35. The van der Waals surface area contributed by atoms with Gasteiger partial charge in [0, 0.05) is 12.3 Å². The fraction of sp³-hybridized carbons (Fsp3) is 0.500. The molecule has 3 nitrogen and oxygen atoms in total. The number of carbonyl (C=O) groups excluding carboxylic acids is 1. The molecule has 1 aromatic rings. The van der Waals surface area contributed by atoms with Crippen LogP contribution in [0.25, 0.3) is 0 Å². The first-order valence-corrected chi connectivity index (χ1v) is 7.46. The van der Waals surface area contributed by atoms with Crippen LogP contribution in [0.15, 0.2) is 30.3 Å². The van der Waals surface area contributed by atoms with Crippen molar-refractivity contribution in [2.75, 3.05) is 12.3 Å². The van der Waals surface area contributed by atoms with E-state index in [1.54, 1.807) is 11.8 Å². The van der Waals surface area contributed by atoms with E-state index in [0.717, 1.165) is 18.6 Å². The fourth-order valence-corrected chi connectivity index (χ4v) is 2.83. The Kier molecular flexibility index (Phi) is 5.08. The molecular weight excluding hydrogens is 246 g/mol. The van der Waals surface area contributed by atoms with Crippen molar-refractivity contribution in [2.24, 2.45) is 5.92 Å². The van der Waals surface area contributed by atoms with Gasteiger partial charge in [0.25, 0.3) is 0 Å². The van der Waals surface area contributed by atoms with Crippen LogP contribution < -0.4 is 5.32 Å². The topological polar surface area (TPSA) is 49.3 Å². The zero-order valence-corrected chi connectivity index (χ0v) is 11.2. The number of nitrogens with one attached hydrogen (secondary N) is 1. The molecule has 1 saturated carbocycles. The van der Waals surface area contributed by atoms with Crippen molar-refractivity contribution in [3.8, 4) is 0 Å². The van der Waals surface area contributed by atoms with E-state index in [2.05, 4.69) is 17.4 Å². The van der Waals surface area contributed by atoms with Crippen LogP contribution in [-0.4, -0.2) is 29.4 Å². The summed E-state index contributed by atoms with van der Waals surface area (Å²) in [6.07, 6.45) is 1.52. The van der Waals surface area contributed by atoms with Gasteiger partial charge in [-0.15, -0.1) is 11.8 Å². The lowest BCUT2D eigenvalue weighted by atomic mass is 9.82. The standard InChI is InChI=1S/C14H19NO2S/c16-13-6-12(7-13)8-15-14(17)10-18-9-11-4-2-1-3-5-11/h1-5,12-13,16H,6-10H2,(H,15,17). The van der Waals surface area contributed by atoms with E-state index in [4.69, 9.17) is 5.11 Å². The average Bonchev–Trinajstić information content (AvgIpc) is 2.34. The minimum Gasteiger partial charge on any atom is -0.393 e. The predicted molar refractivity (Wildman–Crippen MR) is 74.3 cm³/mol. The highest BCUT2D eigenvalue weighted by atomic mass is 32.2. The third-order valence-corrected chi connectivity index (χ3v) is 4.15. The first-order valence-electron chi connectivity index (χ1n) is 6.30. The van der Waals surface area contributed by atoms with Gasteiger partial charge in [-0.25, -0.2) is 0 Å². The van der Waals surface area contributed by atoms with E-state index in [1.165, 1.54) is 5.56 Å². The zero-order valence-electron chi connectivity index (χ0n) is 10.3. The van der Waals surface area contributed by atoms with E-state index in [-0.39, 0.29) is 12.0 Å². The van der Waals surface area contributed by atoms with E-state index < -0.39 is 0 Å². The largest absolute Gasteiger partial charge is 0.393 e. The van der Waals surface area contributed by atoms with Gasteiger partial charge in [0.1, 0.15) is 0 Å². The van der Waals surface area contributed by atoms with Crippen molar-refractivity contribution in [1.29, 1.82) is 0 Å². The quantitative estimate of drug-likeness (QED) is 0.824. The minimum atomic E-state index is -0.139. The zero-order chi connectivity index (χ0) is 12.8. The molecule has 0 heterocycles. The Labute approximate surface area is 112 Å². The van der Waals surface area contributed by atoms with E-state index in [1.807, 2.05) is 18.2 Å². The number of aliphatic hydroxyl groups excluding tert-OH is 1. The van der Waals surface area contributed by atoms with Crippen molar-refractivity contribution in [3.63, 3.8) is 0 Å². The van der Waals surface area contributed by atoms with Crippen molar-refractivity contribution in [2.45, 2.75) is 24.7 Å². The summed E-state index contributed by atoms with van der Waals surface area (Å²) in [4.78, 5) is 11.6. The molecule has 1 aliphatic carbocycles. The van der Waals surface area contributed by atoms with Crippen LogP contribution >= 0.6 is 11.8 Å². The third-order valence-electron chi connectivity index (χ3n) is 3.14. The number of aliphatic hydroxyl groups is 1. The number of benzene rings is 1. The van der Waals surface area contributed by atoms with Gasteiger partial charge in [-0.2, -0.15) is 0 Å². The number of hydrogen-bond donors (Lipinski definition) is 2. The molecule has 0 spiro atoms. The van der Waals surface area contributed by atoms with Crippen LogP contribution in [0.3, 0.4) is 0 Å². The molecule has 0 bridgehead atoms. The van der Waals surface area contributed by atoms with Gasteiger partial charge in [0.05, 0.1) is 11.9 Å². The Morgan fingerprint density at radius 3 is 2.72 bits per heavy atom. The maximum atomic E-state index is 11.6. The minimum absolute atomic E-state index is 0.0947. The molecule has 0 aromatic heterocycles. The molecule has 18 heavy (non-hydrogen) atoms. The second-order valence-corrected chi connectivity index (χ2v) is 5.76. The molecule has 1 amide bonds. The molecule has 0 unspecified atom stereocenters. The van der Waals surface area contributed by atoms with Crippen LogP contribution in [0.4, 0.5) is 0 Å². The van der Waals surface area contributed by atoms with E-state index in [0.29, 0.717) is 18.2 Å². The predicted octanol–water partition coefficient (Wildman–Crippen LogP) is 1.81. The molecular formula is C14H19NO2S. The summed E-state index contributed by atoms with van der Waals surface area (Å²) < 4.78 is 0. The van der Waals surface area contributed by atoms with Gasteiger partial charge in [0.15, 0.2) is 0 Å². The maximum Gasteiger partial charge on any atom is 0.230 e. The summed E-state index contributed by atoms with van der Waals surface area (Å²) in [5.74, 6) is 1.95. The normalized spacial score (nSPS) is 22.3. The van der Waals surface area contributed by atoms with Crippen LogP contribution in [0.2, 0.25) is 0 Å². The van der Waals surface area contributed by atoms with Gasteiger partial charge in [-0.3, -0.25) is 4.79 Å². The molecule has 1 aromatic carbocycles. The van der Waals surface area contributed by atoms with Gasteiger partial charge in [0.2, 0.25) is 5.91 Å². The number of rotatable bonds is 6. The number of amides is 1. The maximum absolute atomic E-state index is 11.6. The number of thioether (sulfide) groups is 1. The fourth-order valence-electron chi connectivity index (χ4n) is 2.01. The van der Waals surface area contributed by atoms with E-state index in [9.17, 15) is 4.79 Å². The molecule has 4 heteroatoms. The summed E-state index contributed by atoms with van der Waals surface area (Å²) in [7, 11) is 0. The molecule has 0 radical (unpaired) electrons. The second-order valence-electron chi connectivity index (χ2n) is 4.77. The van der Waals surface area contributed by atoms with Crippen LogP contribution in [0.1, 0.15) is 18.4 Å².